The molecule has 16 heavy (non-hydrogen) atoms. The van der Waals surface area contributed by atoms with Crippen LogP contribution >= 0.6 is 34.7 Å². The number of hydrogen-bond acceptors (Lipinski definition) is 4. The van der Waals surface area contributed by atoms with Crippen molar-refractivity contribution in [2.75, 3.05) is 11.6 Å². The SMILES string of the molecule is O=C(O)C1CSCN1C(=O)c1sccc1Cl. The Morgan fingerprint density at radius 1 is 1.56 bits per heavy atom. The van der Waals surface area contributed by atoms with Gasteiger partial charge in [0.05, 0.1) is 10.9 Å². The number of thioether (sulfide) groups is 1. The van der Waals surface area contributed by atoms with Crippen LogP contribution in [0.3, 0.4) is 0 Å². The molecule has 4 nitrogen and oxygen atoms in total. The van der Waals surface area contributed by atoms with E-state index in [0.717, 1.165) is 0 Å². The minimum atomic E-state index is -0.967. The van der Waals surface area contributed by atoms with Gasteiger partial charge in [0.1, 0.15) is 10.9 Å². The number of thiophene rings is 1. The van der Waals surface area contributed by atoms with E-state index in [2.05, 4.69) is 0 Å². The summed E-state index contributed by atoms with van der Waals surface area (Å²) in [6.07, 6.45) is 0. The molecule has 1 aliphatic heterocycles. The van der Waals surface area contributed by atoms with E-state index < -0.39 is 12.0 Å². The van der Waals surface area contributed by atoms with Crippen molar-refractivity contribution in [2.24, 2.45) is 0 Å². The van der Waals surface area contributed by atoms with Gasteiger partial charge in [-0.25, -0.2) is 4.79 Å². The Morgan fingerprint density at radius 3 is 2.88 bits per heavy atom. The zero-order chi connectivity index (χ0) is 11.7. The third kappa shape index (κ3) is 2.05. The average molecular weight is 278 g/mol. The van der Waals surface area contributed by atoms with Crippen molar-refractivity contribution < 1.29 is 14.7 Å². The monoisotopic (exact) mass is 277 g/mol. The third-order valence-corrected chi connectivity index (χ3v) is 4.58. The first-order valence-corrected chi connectivity index (χ1v) is 6.87. The molecular weight excluding hydrogens is 270 g/mol. The second-order valence-electron chi connectivity index (χ2n) is 3.23. The van der Waals surface area contributed by atoms with Crippen LogP contribution in [0.2, 0.25) is 5.02 Å². The molecule has 0 spiro atoms. The summed E-state index contributed by atoms with van der Waals surface area (Å²) in [6.45, 7) is 0. The normalized spacial score (nSPS) is 20.1. The standard InChI is InChI=1S/C9H8ClNO3S2/c10-5-1-2-16-7(5)8(12)11-4-15-3-6(11)9(13)14/h1-2,6H,3-4H2,(H,13,14). The molecule has 1 aromatic heterocycles. The Hall–Kier alpha value is -0.720. The van der Waals surface area contributed by atoms with Gasteiger partial charge in [-0.15, -0.1) is 23.1 Å². The molecule has 2 rings (SSSR count). The van der Waals surface area contributed by atoms with Crippen molar-refractivity contribution in [3.8, 4) is 0 Å². The first-order chi connectivity index (χ1) is 7.61. The van der Waals surface area contributed by atoms with Gasteiger partial charge in [0.15, 0.2) is 0 Å². The minimum Gasteiger partial charge on any atom is -0.480 e. The fourth-order valence-electron chi connectivity index (χ4n) is 1.42. The van der Waals surface area contributed by atoms with Crippen molar-refractivity contribution in [1.29, 1.82) is 0 Å². The highest BCUT2D eigenvalue weighted by Crippen LogP contribution is 2.28. The number of carboxylic acids is 1. The summed E-state index contributed by atoms with van der Waals surface area (Å²) in [5, 5.41) is 11.1. The zero-order valence-electron chi connectivity index (χ0n) is 8.05. The molecule has 86 valence electrons. The van der Waals surface area contributed by atoms with Gasteiger partial charge >= 0.3 is 5.97 Å². The van der Waals surface area contributed by atoms with Crippen LogP contribution < -0.4 is 0 Å². The quantitative estimate of drug-likeness (QED) is 0.898. The van der Waals surface area contributed by atoms with E-state index in [4.69, 9.17) is 16.7 Å². The number of carbonyl (C=O) groups excluding carboxylic acids is 1. The summed E-state index contributed by atoms with van der Waals surface area (Å²) in [4.78, 5) is 24.7. The van der Waals surface area contributed by atoms with Crippen LogP contribution in [-0.2, 0) is 4.79 Å². The molecule has 0 bridgehead atoms. The maximum atomic E-state index is 12.0. The number of amides is 1. The molecule has 1 fully saturated rings. The molecule has 1 amide bonds. The van der Waals surface area contributed by atoms with E-state index in [1.165, 1.54) is 28.0 Å². The zero-order valence-corrected chi connectivity index (χ0v) is 10.4. The molecule has 7 heteroatoms. The Morgan fingerprint density at radius 2 is 2.31 bits per heavy atom. The van der Waals surface area contributed by atoms with Crippen LogP contribution in [-0.4, -0.2) is 39.6 Å². The molecule has 1 aromatic rings. The number of hydrogen-bond donors (Lipinski definition) is 1. The minimum absolute atomic E-state index is 0.294. The van der Waals surface area contributed by atoms with Crippen LogP contribution in [0.25, 0.3) is 0 Å². The van der Waals surface area contributed by atoms with Gasteiger partial charge < -0.3 is 10.0 Å². The summed E-state index contributed by atoms with van der Waals surface area (Å²) in [5.74, 6) is -0.419. The van der Waals surface area contributed by atoms with Crippen molar-refractivity contribution in [3.63, 3.8) is 0 Å². The maximum Gasteiger partial charge on any atom is 0.327 e. The van der Waals surface area contributed by atoms with Crippen LogP contribution in [0.4, 0.5) is 0 Å². The first kappa shape index (κ1) is 11.8. The Balaban J connectivity index is 2.22. The molecule has 1 atom stereocenters. The Labute approximate surface area is 105 Å². The highest BCUT2D eigenvalue weighted by Gasteiger charge is 2.35. The molecule has 1 aliphatic rings. The van der Waals surface area contributed by atoms with Crippen LogP contribution in [0, 0.1) is 0 Å². The summed E-state index contributed by atoms with van der Waals surface area (Å²) in [6, 6.07) is 0.897. The summed E-state index contributed by atoms with van der Waals surface area (Å²) in [7, 11) is 0. The lowest BCUT2D eigenvalue weighted by atomic mass is 10.3. The Bertz CT molecular complexity index is 434. The van der Waals surface area contributed by atoms with Gasteiger partial charge in [-0.2, -0.15) is 0 Å². The summed E-state index contributed by atoms with van der Waals surface area (Å²) >= 11 is 8.52. The van der Waals surface area contributed by atoms with Gasteiger partial charge in [-0.3, -0.25) is 4.79 Å². The number of carboxylic acid groups (broad SMARTS) is 1. The summed E-state index contributed by atoms with van der Waals surface area (Å²) < 4.78 is 0. The van der Waals surface area contributed by atoms with Crippen molar-refractivity contribution >= 4 is 46.6 Å². The lowest BCUT2D eigenvalue weighted by Gasteiger charge is -2.19. The fourth-order valence-corrected chi connectivity index (χ4v) is 3.66. The largest absolute Gasteiger partial charge is 0.480 e. The topological polar surface area (TPSA) is 57.6 Å². The maximum absolute atomic E-state index is 12.0. The highest BCUT2D eigenvalue weighted by atomic mass is 35.5. The van der Waals surface area contributed by atoms with Gasteiger partial charge in [-0.1, -0.05) is 11.6 Å². The number of nitrogens with zero attached hydrogens (tertiary/aromatic N) is 1. The lowest BCUT2D eigenvalue weighted by molar-refractivity contribution is -0.140. The van der Waals surface area contributed by atoms with Gasteiger partial charge in [-0.05, 0) is 11.4 Å². The van der Waals surface area contributed by atoms with E-state index in [9.17, 15) is 9.59 Å². The van der Waals surface area contributed by atoms with Crippen LogP contribution in [0.1, 0.15) is 9.67 Å². The molecular formula is C9H8ClNO3S2. The summed E-state index contributed by atoms with van der Waals surface area (Å²) in [5.41, 5.74) is 0. The molecule has 1 unspecified atom stereocenters. The fraction of sp³-hybridized carbons (Fsp3) is 0.333. The smallest absolute Gasteiger partial charge is 0.327 e. The predicted octanol–water partition coefficient (Wildman–Crippen LogP) is 2.00. The lowest BCUT2D eigenvalue weighted by Crippen LogP contribution is -2.41. The first-order valence-electron chi connectivity index (χ1n) is 4.45. The third-order valence-electron chi connectivity index (χ3n) is 2.24. The number of halogens is 1. The van der Waals surface area contributed by atoms with E-state index in [1.807, 2.05) is 0 Å². The number of aliphatic carboxylic acids is 1. The van der Waals surface area contributed by atoms with E-state index in [0.29, 0.717) is 21.5 Å². The molecule has 0 aromatic carbocycles. The molecule has 0 radical (unpaired) electrons. The van der Waals surface area contributed by atoms with Crippen molar-refractivity contribution in [3.05, 3.63) is 21.3 Å². The van der Waals surface area contributed by atoms with Crippen molar-refractivity contribution in [1.82, 2.24) is 4.90 Å². The Kier molecular flexibility index (Phi) is 3.41. The molecule has 0 saturated carbocycles. The average Bonchev–Trinajstić information content (AvgIpc) is 2.84. The van der Waals surface area contributed by atoms with E-state index in [1.54, 1.807) is 11.4 Å². The molecule has 1 saturated heterocycles. The van der Waals surface area contributed by atoms with E-state index in [-0.39, 0.29) is 5.91 Å². The highest BCUT2D eigenvalue weighted by molar-refractivity contribution is 7.99. The second kappa shape index (κ2) is 4.65. The van der Waals surface area contributed by atoms with Gasteiger partial charge in [0, 0.05) is 5.75 Å². The second-order valence-corrected chi connectivity index (χ2v) is 5.55. The molecule has 1 N–H and O–H groups in total. The van der Waals surface area contributed by atoms with E-state index >= 15 is 0 Å². The van der Waals surface area contributed by atoms with Crippen LogP contribution in [0.5, 0.6) is 0 Å². The van der Waals surface area contributed by atoms with Gasteiger partial charge in [0.25, 0.3) is 5.91 Å². The van der Waals surface area contributed by atoms with Crippen LogP contribution in [0.15, 0.2) is 11.4 Å². The van der Waals surface area contributed by atoms with Crippen molar-refractivity contribution in [2.45, 2.75) is 6.04 Å². The predicted molar refractivity (Wildman–Crippen MR) is 64.2 cm³/mol. The number of rotatable bonds is 2. The molecule has 0 aliphatic carbocycles. The molecule has 2 heterocycles. The number of carbonyl (C=O) groups is 2. The van der Waals surface area contributed by atoms with Gasteiger partial charge in [0.2, 0.25) is 0 Å².